The van der Waals surface area contributed by atoms with Crippen molar-refractivity contribution in [2.75, 3.05) is 6.61 Å². The lowest BCUT2D eigenvalue weighted by Gasteiger charge is -2.14. The van der Waals surface area contributed by atoms with Gasteiger partial charge in [-0.1, -0.05) is 0 Å². The Labute approximate surface area is 124 Å². The second kappa shape index (κ2) is 5.09. The summed E-state index contributed by atoms with van der Waals surface area (Å²) in [5, 5.41) is 11.7. The van der Waals surface area contributed by atoms with Gasteiger partial charge in [-0.3, -0.25) is 4.79 Å². The molecule has 0 spiro atoms. The van der Waals surface area contributed by atoms with Crippen LogP contribution in [0.15, 0.2) is 0 Å². The van der Waals surface area contributed by atoms with E-state index in [0.29, 0.717) is 25.1 Å². The predicted molar refractivity (Wildman–Crippen MR) is 75.6 cm³/mol. The van der Waals surface area contributed by atoms with Crippen molar-refractivity contribution in [1.82, 2.24) is 20.1 Å². The molecule has 0 aromatic carbocycles. The first-order valence-corrected chi connectivity index (χ1v) is 8.07. The van der Waals surface area contributed by atoms with Crippen LogP contribution in [0, 0.1) is 5.92 Å². The van der Waals surface area contributed by atoms with Gasteiger partial charge < -0.3 is 14.6 Å². The Balaban J connectivity index is 1.43. The highest BCUT2D eigenvalue weighted by atomic mass is 16.5. The lowest BCUT2D eigenvalue weighted by molar-refractivity contribution is -0.126. The van der Waals surface area contributed by atoms with Crippen molar-refractivity contribution >= 4 is 5.91 Å². The van der Waals surface area contributed by atoms with E-state index in [4.69, 9.17) is 4.74 Å². The minimum absolute atomic E-state index is 0.0216. The number of hydrogen-bond acceptors (Lipinski definition) is 4. The van der Waals surface area contributed by atoms with Crippen molar-refractivity contribution < 1.29 is 9.53 Å². The van der Waals surface area contributed by atoms with Gasteiger partial charge in [-0.2, -0.15) is 0 Å². The normalized spacial score (nSPS) is 28.8. The van der Waals surface area contributed by atoms with E-state index < -0.39 is 0 Å². The summed E-state index contributed by atoms with van der Waals surface area (Å²) in [4.78, 5) is 12.2. The Morgan fingerprint density at radius 3 is 2.71 bits per heavy atom. The molecule has 1 aromatic rings. The summed E-state index contributed by atoms with van der Waals surface area (Å²) in [6.07, 6.45) is 5.73. The van der Waals surface area contributed by atoms with Gasteiger partial charge in [0, 0.05) is 18.6 Å². The lowest BCUT2D eigenvalue weighted by atomic mass is 10.0. The maximum atomic E-state index is 12.2. The van der Waals surface area contributed by atoms with Gasteiger partial charge in [0.05, 0.1) is 18.6 Å². The molecule has 0 bridgehead atoms. The number of nitrogens with zero attached hydrogens (tertiary/aromatic N) is 3. The average molecular weight is 290 g/mol. The molecule has 3 fully saturated rings. The lowest BCUT2D eigenvalue weighted by Crippen LogP contribution is -2.34. The van der Waals surface area contributed by atoms with E-state index in [9.17, 15) is 4.79 Å². The summed E-state index contributed by atoms with van der Waals surface area (Å²) in [6.45, 7) is 3.14. The van der Waals surface area contributed by atoms with Gasteiger partial charge in [0.2, 0.25) is 5.91 Å². The van der Waals surface area contributed by atoms with Crippen molar-refractivity contribution in [2.45, 2.75) is 63.6 Å². The molecule has 2 heterocycles. The molecule has 114 valence electrons. The van der Waals surface area contributed by atoms with Gasteiger partial charge in [0.25, 0.3) is 0 Å². The fourth-order valence-electron chi connectivity index (χ4n) is 3.18. The third-order valence-electron chi connectivity index (χ3n) is 4.78. The molecule has 1 aliphatic heterocycles. The van der Waals surface area contributed by atoms with Gasteiger partial charge >= 0.3 is 0 Å². The van der Waals surface area contributed by atoms with Crippen LogP contribution < -0.4 is 5.32 Å². The van der Waals surface area contributed by atoms with E-state index in [1.165, 1.54) is 25.7 Å². The van der Waals surface area contributed by atoms with Gasteiger partial charge in [-0.25, -0.2) is 0 Å². The zero-order valence-corrected chi connectivity index (χ0v) is 12.4. The van der Waals surface area contributed by atoms with Crippen LogP contribution in [0.4, 0.5) is 0 Å². The Hall–Kier alpha value is -1.43. The number of aromatic nitrogens is 3. The number of rotatable bonds is 5. The molecular weight excluding hydrogens is 268 g/mol. The summed E-state index contributed by atoms with van der Waals surface area (Å²) in [7, 11) is 0. The molecular formula is C15H22N4O2. The molecule has 21 heavy (non-hydrogen) atoms. The van der Waals surface area contributed by atoms with E-state index in [0.717, 1.165) is 18.1 Å². The minimum atomic E-state index is -0.0230. The molecule has 2 atom stereocenters. The quantitative estimate of drug-likeness (QED) is 0.893. The van der Waals surface area contributed by atoms with Crippen molar-refractivity contribution in [2.24, 2.45) is 5.92 Å². The summed E-state index contributed by atoms with van der Waals surface area (Å²) in [6, 6.07) is 0.566. The van der Waals surface area contributed by atoms with Crippen molar-refractivity contribution in [3.8, 4) is 0 Å². The van der Waals surface area contributed by atoms with Crippen molar-refractivity contribution in [3.05, 3.63) is 11.6 Å². The molecule has 6 nitrogen and oxygen atoms in total. The number of hydrogen-bond donors (Lipinski definition) is 1. The number of carbonyl (C=O) groups excluding carboxylic acids is 1. The standard InChI is InChI=1S/C15H22N4O2/c1-9-12(6-7-21-9)15(20)16-8-13-17-18-14(10-2-3-10)19(13)11-4-5-11/h9-12H,2-8H2,1H3,(H,16,20). The fourth-order valence-corrected chi connectivity index (χ4v) is 3.18. The highest BCUT2D eigenvalue weighted by Crippen LogP contribution is 2.44. The summed E-state index contributed by atoms with van der Waals surface area (Å²) in [5.41, 5.74) is 0. The van der Waals surface area contributed by atoms with Crippen LogP contribution in [0.2, 0.25) is 0 Å². The zero-order chi connectivity index (χ0) is 14.4. The molecule has 6 heteroatoms. The first-order chi connectivity index (χ1) is 10.2. The Morgan fingerprint density at radius 2 is 2.10 bits per heavy atom. The van der Waals surface area contributed by atoms with E-state index in [-0.39, 0.29) is 17.9 Å². The molecule has 0 radical (unpaired) electrons. The topological polar surface area (TPSA) is 69.0 Å². The van der Waals surface area contributed by atoms with Crippen LogP contribution in [0.3, 0.4) is 0 Å². The number of nitrogens with one attached hydrogen (secondary N) is 1. The maximum absolute atomic E-state index is 12.2. The fraction of sp³-hybridized carbons (Fsp3) is 0.800. The Kier molecular flexibility index (Phi) is 3.21. The zero-order valence-electron chi connectivity index (χ0n) is 12.4. The van der Waals surface area contributed by atoms with Crippen molar-refractivity contribution in [1.29, 1.82) is 0 Å². The van der Waals surface area contributed by atoms with E-state index in [2.05, 4.69) is 20.1 Å². The Morgan fingerprint density at radius 1 is 1.29 bits per heavy atom. The SMILES string of the molecule is CC1OCCC1C(=O)NCc1nnc(C2CC2)n1C1CC1. The monoisotopic (exact) mass is 290 g/mol. The minimum Gasteiger partial charge on any atom is -0.378 e. The summed E-state index contributed by atoms with van der Waals surface area (Å²) < 4.78 is 7.74. The maximum Gasteiger partial charge on any atom is 0.226 e. The smallest absolute Gasteiger partial charge is 0.226 e. The molecule has 3 aliphatic rings. The average Bonchev–Trinajstić information content (AvgIpc) is 3.40. The number of amides is 1. The summed E-state index contributed by atoms with van der Waals surface area (Å²) in [5.74, 6) is 2.72. The molecule has 2 unspecified atom stereocenters. The van der Waals surface area contributed by atoms with Gasteiger partial charge in [-0.05, 0) is 39.0 Å². The first kappa shape index (κ1) is 13.2. The molecule has 1 amide bonds. The van der Waals surface area contributed by atoms with Gasteiger partial charge in [0.15, 0.2) is 5.82 Å². The van der Waals surface area contributed by atoms with E-state index in [1.54, 1.807) is 0 Å². The van der Waals surface area contributed by atoms with Crippen LogP contribution in [0.25, 0.3) is 0 Å². The van der Waals surface area contributed by atoms with Crippen LogP contribution in [0.5, 0.6) is 0 Å². The molecule has 1 N–H and O–H groups in total. The molecule has 1 aromatic heterocycles. The van der Waals surface area contributed by atoms with Gasteiger partial charge in [0.1, 0.15) is 5.82 Å². The second-order valence-corrected chi connectivity index (χ2v) is 6.54. The first-order valence-electron chi connectivity index (χ1n) is 8.07. The second-order valence-electron chi connectivity index (χ2n) is 6.54. The van der Waals surface area contributed by atoms with Crippen LogP contribution in [-0.2, 0) is 16.1 Å². The summed E-state index contributed by atoms with van der Waals surface area (Å²) >= 11 is 0. The van der Waals surface area contributed by atoms with E-state index in [1.807, 2.05) is 6.92 Å². The third-order valence-corrected chi connectivity index (χ3v) is 4.78. The number of ether oxygens (including phenoxy) is 1. The number of carbonyl (C=O) groups is 1. The largest absolute Gasteiger partial charge is 0.378 e. The van der Waals surface area contributed by atoms with E-state index >= 15 is 0 Å². The highest BCUT2D eigenvalue weighted by Gasteiger charge is 2.36. The van der Waals surface area contributed by atoms with Gasteiger partial charge in [-0.15, -0.1) is 10.2 Å². The predicted octanol–water partition coefficient (Wildman–Crippen LogP) is 1.53. The van der Waals surface area contributed by atoms with Crippen molar-refractivity contribution in [3.63, 3.8) is 0 Å². The van der Waals surface area contributed by atoms with Crippen LogP contribution in [-0.4, -0.2) is 33.4 Å². The van der Waals surface area contributed by atoms with Crippen LogP contribution >= 0.6 is 0 Å². The molecule has 2 aliphatic carbocycles. The molecule has 2 saturated carbocycles. The van der Waals surface area contributed by atoms with Crippen LogP contribution in [0.1, 0.15) is 62.6 Å². The Bertz CT molecular complexity index is 548. The molecule has 1 saturated heterocycles. The molecule has 4 rings (SSSR count). The highest BCUT2D eigenvalue weighted by molar-refractivity contribution is 5.79. The third kappa shape index (κ3) is 2.57.